The van der Waals surface area contributed by atoms with Crippen LogP contribution >= 0.6 is 23.2 Å². The third-order valence-corrected chi connectivity index (χ3v) is 11.8. The molecule has 49 heavy (non-hydrogen) atoms. The minimum Gasteiger partial charge on any atom is -0.508 e. The van der Waals surface area contributed by atoms with Gasteiger partial charge in [0.2, 0.25) is 11.8 Å². The molecule has 0 aromatic heterocycles. The number of allylic oxidation sites excluding steroid dienone is 3. The van der Waals surface area contributed by atoms with Crippen molar-refractivity contribution >= 4 is 63.9 Å². The van der Waals surface area contributed by atoms with Crippen molar-refractivity contribution in [2.45, 2.75) is 29.0 Å². The Balaban J connectivity index is 1.26. The lowest BCUT2D eigenvalue weighted by molar-refractivity contribution is -0.384. The van der Waals surface area contributed by atoms with Gasteiger partial charge < -0.3 is 9.84 Å². The third-order valence-electron chi connectivity index (χ3n) is 10.4. The van der Waals surface area contributed by atoms with Gasteiger partial charge in [0.15, 0.2) is 9.75 Å². The first kappa shape index (κ1) is 31.2. The average Bonchev–Trinajstić information content (AvgIpc) is 3.42. The van der Waals surface area contributed by atoms with Gasteiger partial charge in [0.05, 0.1) is 34.4 Å². The van der Waals surface area contributed by atoms with E-state index in [2.05, 4.69) is 0 Å². The highest BCUT2D eigenvalue weighted by molar-refractivity contribution is 6.58. The molecule has 11 nitrogen and oxygen atoms in total. The van der Waals surface area contributed by atoms with E-state index >= 15 is 0 Å². The van der Waals surface area contributed by atoms with Gasteiger partial charge in [0.1, 0.15) is 17.3 Å². The Morgan fingerprint density at radius 1 is 0.898 bits per heavy atom. The number of non-ortho nitro benzene ring substituents is 1. The minimum absolute atomic E-state index is 0.0203. The number of halogens is 3. The van der Waals surface area contributed by atoms with E-state index in [1.165, 1.54) is 54.8 Å². The predicted octanol–water partition coefficient (Wildman–Crippen LogP) is 5.56. The van der Waals surface area contributed by atoms with E-state index in [4.69, 9.17) is 27.9 Å². The van der Waals surface area contributed by atoms with Crippen molar-refractivity contribution in [2.75, 3.05) is 9.80 Å². The lowest BCUT2D eigenvalue weighted by atomic mass is 9.56. The van der Waals surface area contributed by atoms with E-state index in [1.54, 1.807) is 12.1 Å². The van der Waals surface area contributed by atoms with Crippen LogP contribution in [-0.4, -0.2) is 43.4 Å². The summed E-state index contributed by atoms with van der Waals surface area (Å²) >= 11 is 14.8. The second-order valence-corrected chi connectivity index (χ2v) is 14.1. The molecule has 1 N–H and O–H groups in total. The summed E-state index contributed by atoms with van der Waals surface area (Å²) in [5.41, 5.74) is 1.58. The Morgan fingerprint density at radius 2 is 1.57 bits per heavy atom. The number of rotatable bonds is 4. The Morgan fingerprint density at radius 3 is 2.27 bits per heavy atom. The maximum atomic E-state index is 14.5. The van der Waals surface area contributed by atoms with E-state index < -0.39 is 67.8 Å². The number of phenols is 1. The Labute approximate surface area is 287 Å². The Hall–Kier alpha value is -5.07. The number of nitro groups is 1. The van der Waals surface area contributed by atoms with Crippen LogP contribution in [0.2, 0.25) is 0 Å². The van der Waals surface area contributed by atoms with Gasteiger partial charge in [-0.15, -0.1) is 23.2 Å². The topological polar surface area (TPSA) is 147 Å². The van der Waals surface area contributed by atoms with Gasteiger partial charge >= 0.3 is 0 Å². The largest absolute Gasteiger partial charge is 0.508 e. The normalized spacial score (nSPS) is 30.2. The van der Waals surface area contributed by atoms with Gasteiger partial charge in [-0.05, 0) is 78.9 Å². The van der Waals surface area contributed by atoms with Crippen LogP contribution in [0.15, 0.2) is 90.2 Å². The van der Waals surface area contributed by atoms with Crippen LogP contribution in [0.3, 0.4) is 0 Å². The molecule has 1 saturated carbocycles. The number of anilines is 2. The number of aromatic hydroxyl groups is 1. The number of carbonyl (C=O) groups excluding carboxylic acids is 4. The molecule has 5 aliphatic rings. The molecule has 248 valence electrons. The molecule has 0 bridgehead atoms. The smallest absolute Gasteiger partial charge is 0.269 e. The summed E-state index contributed by atoms with van der Waals surface area (Å²) in [6.45, 7) is 0. The van der Waals surface area contributed by atoms with Crippen LogP contribution in [0.1, 0.15) is 18.4 Å². The number of benzene rings is 3. The summed E-state index contributed by atoms with van der Waals surface area (Å²) in [7, 11) is 0. The molecule has 8 rings (SSSR count). The van der Waals surface area contributed by atoms with Crippen molar-refractivity contribution in [3.63, 3.8) is 0 Å². The zero-order valence-electron chi connectivity index (χ0n) is 25.2. The molecular formula is C35H24Cl2FN3O8. The quantitative estimate of drug-likeness (QED) is 0.122. The maximum Gasteiger partial charge on any atom is 0.269 e. The number of hydrogen-bond donors (Lipinski definition) is 1. The van der Waals surface area contributed by atoms with E-state index in [0.717, 1.165) is 21.9 Å². The lowest BCUT2D eigenvalue weighted by Gasteiger charge is -2.51. The maximum absolute atomic E-state index is 14.5. The third kappa shape index (κ3) is 4.26. The number of nitro benzene ring substituents is 1. The molecule has 3 heterocycles. The van der Waals surface area contributed by atoms with Crippen molar-refractivity contribution in [1.29, 1.82) is 0 Å². The average molecular weight is 704 g/mol. The van der Waals surface area contributed by atoms with Crippen molar-refractivity contribution in [3.05, 3.63) is 112 Å². The number of hydrogen-bond acceptors (Lipinski definition) is 8. The second kappa shape index (κ2) is 10.7. The number of phenolic OH excluding ortho intramolecular Hbond substituents is 1. The monoisotopic (exact) mass is 703 g/mol. The highest BCUT2D eigenvalue weighted by atomic mass is 35.5. The van der Waals surface area contributed by atoms with Gasteiger partial charge in [0, 0.05) is 30.0 Å². The summed E-state index contributed by atoms with van der Waals surface area (Å²) in [4.78, 5) is 65.2. The molecule has 6 unspecified atom stereocenters. The SMILES string of the molecule is O=C1C2CC=C3C(CC4(Cl)C(=O)N(c5ccc(F)cc5)C(=O)C4(Cl)C3C3=COc4ccc(O)cc4C3)C2C(=O)N1c1ccc([N+](=O)[O-])cc1. The van der Waals surface area contributed by atoms with E-state index in [1.807, 2.05) is 0 Å². The van der Waals surface area contributed by atoms with Crippen LogP contribution in [0, 0.1) is 39.6 Å². The number of amides is 4. The lowest BCUT2D eigenvalue weighted by Crippen LogP contribution is -2.61. The van der Waals surface area contributed by atoms with Crippen molar-refractivity contribution in [2.24, 2.45) is 23.7 Å². The number of fused-ring (bicyclic) bond motifs is 5. The standard InChI is InChI=1S/C35H24Cl2FN3O8/c36-34-15-26-24(10-11-25-28(26)31(44)39(30(25)43)20-5-7-22(8-6-20)41(47)48)29(18-13-17-14-23(42)9-12-27(17)49-16-18)35(34,37)33(46)40(32(34)45)21-3-1-19(38)2-4-21/h1-10,12,14,16,25-26,28-29,42H,11,13,15H2. The molecule has 3 aromatic rings. The first-order valence-corrected chi connectivity index (χ1v) is 16.1. The first-order chi connectivity index (χ1) is 23.3. The van der Waals surface area contributed by atoms with Crippen molar-refractivity contribution < 1.29 is 38.3 Å². The molecular weight excluding hydrogens is 680 g/mol. The van der Waals surface area contributed by atoms with Gasteiger partial charge in [-0.25, -0.2) is 9.29 Å². The molecule has 2 aliphatic carbocycles. The van der Waals surface area contributed by atoms with E-state index in [0.29, 0.717) is 22.5 Å². The van der Waals surface area contributed by atoms with E-state index in [9.17, 15) is 38.8 Å². The second-order valence-electron chi connectivity index (χ2n) is 12.8. The van der Waals surface area contributed by atoms with Gasteiger partial charge in [-0.2, -0.15) is 0 Å². The van der Waals surface area contributed by atoms with E-state index in [-0.39, 0.29) is 42.1 Å². The van der Waals surface area contributed by atoms with Gasteiger partial charge in [-0.1, -0.05) is 11.6 Å². The van der Waals surface area contributed by atoms with Crippen LogP contribution in [0.4, 0.5) is 21.5 Å². The molecule has 3 aromatic carbocycles. The zero-order valence-corrected chi connectivity index (χ0v) is 26.7. The van der Waals surface area contributed by atoms with Crippen molar-refractivity contribution in [3.8, 4) is 11.5 Å². The number of nitrogens with zero attached hydrogens (tertiary/aromatic N) is 3. The number of imide groups is 2. The minimum atomic E-state index is -2.14. The molecule has 0 radical (unpaired) electrons. The predicted molar refractivity (Wildman–Crippen MR) is 173 cm³/mol. The molecule has 14 heteroatoms. The molecule has 2 saturated heterocycles. The fourth-order valence-corrected chi connectivity index (χ4v) is 9.14. The summed E-state index contributed by atoms with van der Waals surface area (Å²) in [6.07, 6.45) is 3.19. The molecule has 0 spiro atoms. The summed E-state index contributed by atoms with van der Waals surface area (Å²) in [6, 6.07) is 14.3. The number of carbonyl (C=O) groups is 4. The van der Waals surface area contributed by atoms with Crippen LogP contribution in [0.5, 0.6) is 11.5 Å². The van der Waals surface area contributed by atoms with Crippen LogP contribution in [-0.2, 0) is 25.6 Å². The molecule has 3 fully saturated rings. The van der Waals surface area contributed by atoms with Crippen molar-refractivity contribution in [1.82, 2.24) is 0 Å². The fourth-order valence-electron chi connectivity index (χ4n) is 8.19. The zero-order chi connectivity index (χ0) is 34.6. The van der Waals surface area contributed by atoms with Crippen LogP contribution < -0.4 is 14.5 Å². The summed E-state index contributed by atoms with van der Waals surface area (Å²) in [5, 5.41) is 21.4. The molecule has 3 aliphatic heterocycles. The summed E-state index contributed by atoms with van der Waals surface area (Å²) < 4.78 is 19.8. The van der Waals surface area contributed by atoms with Gasteiger partial charge in [-0.3, -0.25) is 34.2 Å². The van der Waals surface area contributed by atoms with Crippen LogP contribution in [0.25, 0.3) is 0 Å². The first-order valence-electron chi connectivity index (χ1n) is 15.4. The molecule has 6 atom stereocenters. The number of ether oxygens (including phenoxy) is 1. The Bertz CT molecular complexity index is 2090. The summed E-state index contributed by atoms with van der Waals surface area (Å²) in [5.74, 6) is -6.68. The Kier molecular flexibility index (Phi) is 6.83. The highest BCUT2D eigenvalue weighted by Gasteiger charge is 2.77. The molecule has 4 amide bonds. The highest BCUT2D eigenvalue weighted by Crippen LogP contribution is 2.65. The van der Waals surface area contributed by atoms with Gasteiger partial charge in [0.25, 0.3) is 17.5 Å². The number of alkyl halides is 2. The fraction of sp³-hybridized carbons (Fsp3) is 0.257.